The maximum Gasteiger partial charge on any atom is 0.226 e. The average molecular weight is 333 g/mol. The molecule has 2 unspecified atom stereocenters. The monoisotopic (exact) mass is 332 g/mol. The van der Waals surface area contributed by atoms with Crippen LogP contribution < -0.4 is 9.80 Å². The van der Waals surface area contributed by atoms with Crippen LogP contribution in [0.15, 0.2) is 36.5 Å². The lowest BCUT2D eigenvalue weighted by atomic mass is 10.1. The molecule has 3 rings (SSSR count). The minimum atomic E-state index is -0.0114. The molecule has 1 saturated heterocycles. The third-order valence-corrected chi connectivity index (χ3v) is 4.21. The van der Waals surface area contributed by atoms with Gasteiger partial charge in [0.1, 0.15) is 11.9 Å². The second kappa shape index (κ2) is 6.72. The zero-order valence-electron chi connectivity index (χ0n) is 13.6. The van der Waals surface area contributed by atoms with Crippen molar-refractivity contribution in [3.63, 3.8) is 0 Å². The van der Waals surface area contributed by atoms with Gasteiger partial charge >= 0.3 is 0 Å². The van der Waals surface area contributed by atoms with E-state index in [1.54, 1.807) is 6.20 Å². The largest absolute Gasteiger partial charge is 0.370 e. The van der Waals surface area contributed by atoms with Gasteiger partial charge < -0.3 is 14.5 Å². The summed E-state index contributed by atoms with van der Waals surface area (Å²) in [7, 11) is 3.88. The van der Waals surface area contributed by atoms with Crippen LogP contribution >= 0.6 is 11.6 Å². The lowest BCUT2D eigenvalue weighted by Crippen LogP contribution is -2.45. The summed E-state index contributed by atoms with van der Waals surface area (Å²) in [5.74, 6) is 1.63. The number of aromatic nitrogens is 2. The number of rotatable bonds is 3. The Bertz CT molecular complexity index is 679. The second-order valence-electron chi connectivity index (χ2n) is 5.99. The summed E-state index contributed by atoms with van der Waals surface area (Å²) in [6.07, 6.45) is 1.79. The molecule has 0 spiro atoms. The first kappa shape index (κ1) is 16.0. The lowest BCUT2D eigenvalue weighted by Gasteiger charge is -2.39. The van der Waals surface area contributed by atoms with Crippen molar-refractivity contribution in [1.82, 2.24) is 9.97 Å². The summed E-state index contributed by atoms with van der Waals surface area (Å²) in [6, 6.07) is 10.1. The first-order chi connectivity index (χ1) is 11.0. The molecule has 0 saturated carbocycles. The standard InChI is InChI=1S/C17H21ClN4O/c1-12-11-23-15(13-5-4-6-14(18)9-13)10-22(12)16-7-8-19-17(20-16)21(2)3/h4-9,12,15H,10-11H2,1-3H3. The van der Waals surface area contributed by atoms with E-state index in [0.29, 0.717) is 12.6 Å². The molecular weight excluding hydrogens is 312 g/mol. The average Bonchev–Trinajstić information content (AvgIpc) is 2.55. The van der Waals surface area contributed by atoms with Gasteiger partial charge in [-0.25, -0.2) is 4.98 Å². The minimum Gasteiger partial charge on any atom is -0.370 e. The van der Waals surface area contributed by atoms with Gasteiger partial charge in [0, 0.05) is 25.3 Å². The molecule has 0 bridgehead atoms. The maximum atomic E-state index is 6.11. The van der Waals surface area contributed by atoms with Crippen molar-refractivity contribution >= 4 is 23.4 Å². The van der Waals surface area contributed by atoms with Crippen LogP contribution in [-0.2, 0) is 4.74 Å². The number of benzene rings is 1. The van der Waals surface area contributed by atoms with Gasteiger partial charge in [-0.3, -0.25) is 0 Å². The Morgan fingerprint density at radius 2 is 2.13 bits per heavy atom. The Balaban J connectivity index is 1.85. The highest BCUT2D eigenvalue weighted by atomic mass is 35.5. The molecule has 2 atom stereocenters. The highest BCUT2D eigenvalue weighted by Crippen LogP contribution is 2.29. The minimum absolute atomic E-state index is 0.0114. The van der Waals surface area contributed by atoms with Crippen LogP contribution in [0.5, 0.6) is 0 Å². The van der Waals surface area contributed by atoms with Crippen LogP contribution in [0.25, 0.3) is 0 Å². The summed E-state index contributed by atoms with van der Waals surface area (Å²) in [5.41, 5.74) is 1.09. The molecule has 23 heavy (non-hydrogen) atoms. The molecule has 6 heteroatoms. The van der Waals surface area contributed by atoms with Crippen LogP contribution in [0.2, 0.25) is 5.02 Å². The van der Waals surface area contributed by atoms with Crippen molar-refractivity contribution in [2.75, 3.05) is 37.0 Å². The van der Waals surface area contributed by atoms with Crippen molar-refractivity contribution in [2.45, 2.75) is 19.1 Å². The molecule has 0 radical (unpaired) electrons. The van der Waals surface area contributed by atoms with Crippen molar-refractivity contribution in [1.29, 1.82) is 0 Å². The zero-order valence-corrected chi connectivity index (χ0v) is 14.4. The van der Waals surface area contributed by atoms with Crippen LogP contribution in [-0.4, -0.2) is 43.3 Å². The van der Waals surface area contributed by atoms with Crippen molar-refractivity contribution in [2.24, 2.45) is 0 Å². The molecule has 1 aliphatic heterocycles. The molecule has 5 nitrogen and oxygen atoms in total. The van der Waals surface area contributed by atoms with E-state index < -0.39 is 0 Å². The SMILES string of the molecule is CC1COC(c2cccc(Cl)c2)CN1c1ccnc(N(C)C)n1. The van der Waals surface area contributed by atoms with Gasteiger partial charge in [0.25, 0.3) is 0 Å². The molecular formula is C17H21ClN4O. The Kier molecular flexibility index (Phi) is 4.68. The van der Waals surface area contributed by atoms with Crippen LogP contribution in [0.4, 0.5) is 11.8 Å². The molecule has 122 valence electrons. The fourth-order valence-electron chi connectivity index (χ4n) is 2.70. The number of hydrogen-bond donors (Lipinski definition) is 0. The number of morpholine rings is 1. The van der Waals surface area contributed by atoms with E-state index in [4.69, 9.17) is 16.3 Å². The van der Waals surface area contributed by atoms with E-state index in [0.717, 1.165) is 22.9 Å². The number of nitrogens with zero attached hydrogens (tertiary/aromatic N) is 4. The Morgan fingerprint density at radius 3 is 2.87 bits per heavy atom. The molecule has 0 amide bonds. The predicted molar refractivity (Wildman–Crippen MR) is 93.3 cm³/mol. The number of halogens is 1. The smallest absolute Gasteiger partial charge is 0.226 e. The summed E-state index contributed by atoms with van der Waals surface area (Å²) in [6.45, 7) is 3.54. The first-order valence-corrected chi connectivity index (χ1v) is 8.06. The normalized spacial score (nSPS) is 21.3. The van der Waals surface area contributed by atoms with E-state index in [1.165, 1.54) is 0 Å². The van der Waals surface area contributed by atoms with E-state index >= 15 is 0 Å². The number of anilines is 2. The fraction of sp³-hybridized carbons (Fsp3) is 0.412. The van der Waals surface area contributed by atoms with E-state index in [9.17, 15) is 0 Å². The van der Waals surface area contributed by atoms with E-state index in [-0.39, 0.29) is 12.1 Å². The summed E-state index contributed by atoms with van der Waals surface area (Å²) in [5, 5.41) is 0.730. The quantitative estimate of drug-likeness (QED) is 0.863. The van der Waals surface area contributed by atoms with Crippen LogP contribution in [0.3, 0.4) is 0 Å². The van der Waals surface area contributed by atoms with E-state index in [2.05, 4.69) is 27.9 Å². The highest BCUT2D eigenvalue weighted by Gasteiger charge is 2.28. The molecule has 1 aromatic heterocycles. The van der Waals surface area contributed by atoms with Gasteiger partial charge in [-0.1, -0.05) is 23.7 Å². The van der Waals surface area contributed by atoms with Gasteiger partial charge in [-0.05, 0) is 30.7 Å². The van der Waals surface area contributed by atoms with E-state index in [1.807, 2.05) is 43.3 Å². The summed E-state index contributed by atoms with van der Waals surface area (Å²) in [4.78, 5) is 13.1. The number of hydrogen-bond acceptors (Lipinski definition) is 5. The Labute approximate surface area is 141 Å². The molecule has 2 aromatic rings. The topological polar surface area (TPSA) is 41.5 Å². The van der Waals surface area contributed by atoms with Crippen LogP contribution in [0.1, 0.15) is 18.6 Å². The number of ether oxygens (including phenoxy) is 1. The summed E-state index contributed by atoms with van der Waals surface area (Å²) < 4.78 is 6.01. The van der Waals surface area contributed by atoms with Gasteiger partial charge in [0.2, 0.25) is 5.95 Å². The molecule has 2 heterocycles. The Morgan fingerprint density at radius 1 is 1.30 bits per heavy atom. The second-order valence-corrected chi connectivity index (χ2v) is 6.42. The van der Waals surface area contributed by atoms with Gasteiger partial charge in [-0.15, -0.1) is 0 Å². The predicted octanol–water partition coefficient (Wildman–Crippen LogP) is 3.16. The van der Waals surface area contributed by atoms with Crippen molar-refractivity contribution in [3.05, 3.63) is 47.1 Å². The summed E-state index contributed by atoms with van der Waals surface area (Å²) >= 11 is 6.11. The third kappa shape index (κ3) is 3.57. The Hall–Kier alpha value is -1.85. The van der Waals surface area contributed by atoms with Crippen LogP contribution in [0, 0.1) is 0 Å². The lowest BCUT2D eigenvalue weighted by molar-refractivity contribution is 0.0212. The van der Waals surface area contributed by atoms with Gasteiger partial charge in [-0.2, -0.15) is 4.98 Å². The third-order valence-electron chi connectivity index (χ3n) is 3.98. The maximum absolute atomic E-state index is 6.11. The van der Waals surface area contributed by atoms with Crippen molar-refractivity contribution < 1.29 is 4.74 Å². The first-order valence-electron chi connectivity index (χ1n) is 7.68. The van der Waals surface area contributed by atoms with Gasteiger partial charge in [0.15, 0.2) is 0 Å². The molecule has 1 fully saturated rings. The molecule has 1 aliphatic rings. The zero-order chi connectivity index (χ0) is 16.4. The molecule has 1 aromatic carbocycles. The fourth-order valence-corrected chi connectivity index (χ4v) is 2.90. The molecule has 0 aliphatic carbocycles. The van der Waals surface area contributed by atoms with Crippen molar-refractivity contribution in [3.8, 4) is 0 Å². The molecule has 0 N–H and O–H groups in total. The van der Waals surface area contributed by atoms with Gasteiger partial charge in [0.05, 0.1) is 19.2 Å². The highest BCUT2D eigenvalue weighted by molar-refractivity contribution is 6.30.